The highest BCUT2D eigenvalue weighted by atomic mass is 16.5. The van der Waals surface area contributed by atoms with Gasteiger partial charge in [0.15, 0.2) is 5.82 Å². The van der Waals surface area contributed by atoms with Crippen LogP contribution in [0.4, 0.5) is 11.5 Å². The molecule has 0 amide bonds. The molecule has 0 bridgehead atoms. The van der Waals surface area contributed by atoms with Crippen LogP contribution in [0.1, 0.15) is 31.5 Å². The summed E-state index contributed by atoms with van der Waals surface area (Å²) in [6.45, 7) is 3.39. The molecule has 0 unspecified atom stereocenters. The van der Waals surface area contributed by atoms with Crippen molar-refractivity contribution < 1.29 is 4.74 Å². The van der Waals surface area contributed by atoms with Gasteiger partial charge in [-0.15, -0.1) is 0 Å². The van der Waals surface area contributed by atoms with Gasteiger partial charge in [-0.2, -0.15) is 4.98 Å². The quantitative estimate of drug-likeness (QED) is 0.819. The number of hydrogen-bond donors (Lipinski definition) is 2. The third kappa shape index (κ3) is 2.14. The van der Waals surface area contributed by atoms with Crippen molar-refractivity contribution in [1.82, 2.24) is 9.97 Å². The van der Waals surface area contributed by atoms with Crippen LogP contribution < -0.4 is 15.4 Å². The average Bonchev–Trinajstić information content (AvgIpc) is 2.81. The van der Waals surface area contributed by atoms with Crippen molar-refractivity contribution in [3.05, 3.63) is 5.82 Å². The first-order valence-corrected chi connectivity index (χ1v) is 6.35. The van der Waals surface area contributed by atoms with E-state index in [1.807, 2.05) is 6.92 Å². The van der Waals surface area contributed by atoms with Crippen LogP contribution in [0.2, 0.25) is 0 Å². The van der Waals surface area contributed by atoms with E-state index in [9.17, 15) is 0 Å². The van der Waals surface area contributed by atoms with Gasteiger partial charge < -0.3 is 15.4 Å². The Morgan fingerprint density at radius 3 is 2.94 bits per heavy atom. The monoisotopic (exact) mass is 234 g/mol. The maximum absolute atomic E-state index is 5.56. The molecule has 1 aliphatic heterocycles. The first kappa shape index (κ1) is 10.6. The van der Waals surface area contributed by atoms with Gasteiger partial charge in [0.05, 0.1) is 0 Å². The van der Waals surface area contributed by atoms with Gasteiger partial charge in [-0.1, -0.05) is 12.8 Å². The normalized spacial score (nSPS) is 19.4. The van der Waals surface area contributed by atoms with Crippen molar-refractivity contribution in [2.45, 2.75) is 38.6 Å². The molecule has 1 aliphatic carbocycles. The Morgan fingerprint density at radius 1 is 1.29 bits per heavy atom. The smallest absolute Gasteiger partial charge is 0.243 e. The van der Waals surface area contributed by atoms with Crippen LogP contribution in [0.15, 0.2) is 0 Å². The molecular weight excluding hydrogens is 216 g/mol. The van der Waals surface area contributed by atoms with Gasteiger partial charge in [0.2, 0.25) is 5.88 Å². The predicted molar refractivity (Wildman–Crippen MR) is 66.6 cm³/mol. The van der Waals surface area contributed by atoms with E-state index in [1.54, 1.807) is 0 Å². The van der Waals surface area contributed by atoms with E-state index >= 15 is 0 Å². The Labute approximate surface area is 101 Å². The third-order valence-electron chi connectivity index (χ3n) is 3.33. The van der Waals surface area contributed by atoms with Gasteiger partial charge >= 0.3 is 0 Å². The minimum absolute atomic E-state index is 0.553. The van der Waals surface area contributed by atoms with E-state index in [-0.39, 0.29) is 0 Å². The van der Waals surface area contributed by atoms with Gasteiger partial charge in [-0.3, -0.25) is 0 Å². The standard InChI is InChI=1S/C12H18N4O/c1-8-14-11(16-9-4-2-3-5-9)10-12(15-8)17-7-6-13-10/h9,13H,2-7H2,1H3,(H,14,15,16). The number of rotatable bonds is 2. The number of aryl methyl sites for hydroxylation is 1. The van der Waals surface area contributed by atoms with Crippen LogP contribution in [0.25, 0.3) is 0 Å². The van der Waals surface area contributed by atoms with Crippen LogP contribution in [-0.4, -0.2) is 29.2 Å². The van der Waals surface area contributed by atoms with Crippen molar-refractivity contribution in [1.29, 1.82) is 0 Å². The second kappa shape index (κ2) is 4.39. The molecule has 1 fully saturated rings. The molecule has 0 saturated heterocycles. The molecular formula is C12H18N4O. The van der Waals surface area contributed by atoms with Gasteiger partial charge in [0.1, 0.15) is 18.1 Å². The fourth-order valence-electron chi connectivity index (χ4n) is 2.50. The Morgan fingerprint density at radius 2 is 2.12 bits per heavy atom. The molecule has 17 heavy (non-hydrogen) atoms. The van der Waals surface area contributed by atoms with Crippen LogP contribution in [0.3, 0.4) is 0 Å². The molecule has 2 heterocycles. The van der Waals surface area contributed by atoms with Crippen molar-refractivity contribution in [2.75, 3.05) is 23.8 Å². The molecule has 1 aromatic rings. The highest BCUT2D eigenvalue weighted by Gasteiger charge is 2.21. The van der Waals surface area contributed by atoms with Crippen molar-refractivity contribution >= 4 is 11.5 Å². The van der Waals surface area contributed by atoms with Gasteiger partial charge in [0.25, 0.3) is 0 Å². The summed E-state index contributed by atoms with van der Waals surface area (Å²) in [5, 5.41) is 6.84. The molecule has 5 nitrogen and oxygen atoms in total. The zero-order valence-electron chi connectivity index (χ0n) is 10.1. The van der Waals surface area contributed by atoms with E-state index in [4.69, 9.17) is 4.74 Å². The maximum atomic E-state index is 5.56. The summed E-state index contributed by atoms with van der Waals surface area (Å²) in [4.78, 5) is 8.80. The third-order valence-corrected chi connectivity index (χ3v) is 3.33. The molecule has 5 heteroatoms. The van der Waals surface area contributed by atoms with E-state index < -0.39 is 0 Å². The molecule has 0 spiro atoms. The Hall–Kier alpha value is -1.52. The average molecular weight is 234 g/mol. The zero-order valence-corrected chi connectivity index (χ0v) is 10.1. The highest BCUT2D eigenvalue weighted by Crippen LogP contribution is 2.33. The first-order chi connectivity index (χ1) is 8.33. The molecule has 0 aromatic carbocycles. The first-order valence-electron chi connectivity index (χ1n) is 6.35. The van der Waals surface area contributed by atoms with Crippen molar-refractivity contribution in [3.8, 4) is 5.88 Å². The zero-order chi connectivity index (χ0) is 11.7. The maximum Gasteiger partial charge on any atom is 0.243 e. The number of aromatic nitrogens is 2. The number of ether oxygens (including phenoxy) is 1. The summed E-state index contributed by atoms with van der Waals surface area (Å²) >= 11 is 0. The van der Waals surface area contributed by atoms with E-state index in [2.05, 4.69) is 20.6 Å². The Bertz CT molecular complexity index is 415. The topological polar surface area (TPSA) is 59.1 Å². The molecule has 3 rings (SSSR count). The summed E-state index contributed by atoms with van der Waals surface area (Å²) in [6, 6.07) is 0.553. The lowest BCUT2D eigenvalue weighted by Crippen LogP contribution is -2.23. The van der Waals surface area contributed by atoms with Crippen molar-refractivity contribution in [3.63, 3.8) is 0 Å². The minimum Gasteiger partial charge on any atom is -0.474 e. The summed E-state index contributed by atoms with van der Waals surface area (Å²) in [5.74, 6) is 2.34. The summed E-state index contributed by atoms with van der Waals surface area (Å²) in [5.41, 5.74) is 0.925. The Balaban J connectivity index is 1.88. The lowest BCUT2D eigenvalue weighted by atomic mass is 10.2. The highest BCUT2D eigenvalue weighted by molar-refractivity contribution is 5.71. The van der Waals surface area contributed by atoms with E-state index in [0.717, 1.165) is 23.9 Å². The molecule has 0 atom stereocenters. The van der Waals surface area contributed by atoms with Crippen LogP contribution in [-0.2, 0) is 0 Å². The van der Waals surface area contributed by atoms with Crippen LogP contribution >= 0.6 is 0 Å². The summed E-state index contributed by atoms with van der Waals surface area (Å²) in [6.07, 6.45) is 5.10. The molecule has 0 radical (unpaired) electrons. The number of nitrogens with one attached hydrogen (secondary N) is 2. The molecule has 1 aromatic heterocycles. The molecule has 2 aliphatic rings. The predicted octanol–water partition coefficient (Wildman–Crippen LogP) is 1.94. The number of fused-ring (bicyclic) bond motifs is 1. The fourth-order valence-corrected chi connectivity index (χ4v) is 2.50. The van der Waals surface area contributed by atoms with Gasteiger partial charge in [-0.25, -0.2) is 4.98 Å². The van der Waals surface area contributed by atoms with Gasteiger partial charge in [0, 0.05) is 12.6 Å². The van der Waals surface area contributed by atoms with Gasteiger partial charge in [-0.05, 0) is 19.8 Å². The molecule has 1 saturated carbocycles. The van der Waals surface area contributed by atoms with E-state index in [0.29, 0.717) is 18.5 Å². The second-order valence-corrected chi connectivity index (χ2v) is 4.70. The number of hydrogen-bond acceptors (Lipinski definition) is 5. The lowest BCUT2D eigenvalue weighted by molar-refractivity contribution is 0.309. The fraction of sp³-hybridized carbons (Fsp3) is 0.667. The van der Waals surface area contributed by atoms with E-state index in [1.165, 1.54) is 25.7 Å². The largest absolute Gasteiger partial charge is 0.474 e. The summed E-state index contributed by atoms with van der Waals surface area (Å²) < 4.78 is 5.56. The Kier molecular flexibility index (Phi) is 2.74. The molecule has 92 valence electrons. The van der Waals surface area contributed by atoms with Crippen LogP contribution in [0.5, 0.6) is 5.88 Å². The van der Waals surface area contributed by atoms with Crippen LogP contribution in [0, 0.1) is 6.92 Å². The summed E-state index contributed by atoms with van der Waals surface area (Å²) in [7, 11) is 0. The number of anilines is 2. The minimum atomic E-state index is 0.553. The lowest BCUT2D eigenvalue weighted by Gasteiger charge is -2.22. The second-order valence-electron chi connectivity index (χ2n) is 4.70. The number of nitrogens with zero attached hydrogens (tertiary/aromatic N) is 2. The molecule has 2 N–H and O–H groups in total. The SMILES string of the molecule is Cc1nc(NC2CCCC2)c2c(n1)OCCN2. The van der Waals surface area contributed by atoms with Crippen molar-refractivity contribution in [2.24, 2.45) is 0 Å².